The zero-order chi connectivity index (χ0) is 27.4. The van der Waals surface area contributed by atoms with Crippen molar-refractivity contribution in [2.75, 3.05) is 4.90 Å². The van der Waals surface area contributed by atoms with Crippen molar-refractivity contribution >= 4 is 17.2 Å². The number of hydrogen-bond acceptors (Lipinski definition) is 4. The molecule has 6 rings (SSSR count). The maximum Gasteiger partial charge on any atom is 0.137 e. The second-order valence-corrected chi connectivity index (χ2v) is 11.8. The molecule has 0 saturated carbocycles. The number of phenolic OH excluding ortho intramolecular Hbond substituents is 1. The van der Waals surface area contributed by atoms with E-state index in [0.717, 1.165) is 50.8 Å². The van der Waals surface area contributed by atoms with Gasteiger partial charge >= 0.3 is 0 Å². The Morgan fingerprint density at radius 2 is 1.49 bits per heavy atom. The fourth-order valence-corrected chi connectivity index (χ4v) is 5.57. The number of aromatic hydroxyl groups is 1. The number of nitrogens with zero attached hydrogens (tertiary/aromatic N) is 3. The summed E-state index contributed by atoms with van der Waals surface area (Å²) < 4.78 is 0. The third-order valence-electron chi connectivity index (χ3n) is 7.78. The van der Waals surface area contributed by atoms with Gasteiger partial charge in [-0.05, 0) is 70.6 Å². The standard InChI is InChI=1S/C35H33N3O/c1-34(2,3)24-19-20-36-31(22-24)38(25-12-7-6-8-13-25)26-14-9-11-23(21-26)29-18-17-28-33(37-29)32-27(35(28,4)5)15-10-16-30(32)39/h6-22,39H,1-5H3. The summed E-state index contributed by atoms with van der Waals surface area (Å²) in [5.41, 5.74) is 8.86. The van der Waals surface area contributed by atoms with Crippen molar-refractivity contribution in [3.05, 3.63) is 120 Å². The Morgan fingerprint density at radius 3 is 2.26 bits per heavy atom. The van der Waals surface area contributed by atoms with Gasteiger partial charge in [-0.2, -0.15) is 0 Å². The normalized spacial score (nSPS) is 13.6. The highest BCUT2D eigenvalue weighted by atomic mass is 16.3. The van der Waals surface area contributed by atoms with E-state index in [4.69, 9.17) is 9.97 Å². The molecule has 2 aromatic heterocycles. The number of aromatic nitrogens is 2. The van der Waals surface area contributed by atoms with Gasteiger partial charge in [0.2, 0.25) is 0 Å². The Morgan fingerprint density at radius 1 is 0.744 bits per heavy atom. The van der Waals surface area contributed by atoms with E-state index in [1.54, 1.807) is 6.07 Å². The molecule has 4 nitrogen and oxygen atoms in total. The van der Waals surface area contributed by atoms with Crippen LogP contribution in [-0.4, -0.2) is 15.1 Å². The predicted octanol–water partition coefficient (Wildman–Crippen LogP) is 8.92. The maximum atomic E-state index is 10.8. The fraction of sp³-hybridized carbons (Fsp3) is 0.200. The van der Waals surface area contributed by atoms with E-state index < -0.39 is 0 Å². The maximum absolute atomic E-state index is 10.8. The summed E-state index contributed by atoms with van der Waals surface area (Å²) in [7, 11) is 0. The molecule has 1 aliphatic rings. The summed E-state index contributed by atoms with van der Waals surface area (Å²) in [4.78, 5) is 12.1. The van der Waals surface area contributed by atoms with E-state index >= 15 is 0 Å². The van der Waals surface area contributed by atoms with Gasteiger partial charge in [-0.3, -0.25) is 4.90 Å². The van der Waals surface area contributed by atoms with E-state index in [1.165, 1.54) is 5.56 Å². The van der Waals surface area contributed by atoms with Gasteiger partial charge in [0.1, 0.15) is 11.6 Å². The van der Waals surface area contributed by atoms with Gasteiger partial charge in [0.15, 0.2) is 0 Å². The van der Waals surface area contributed by atoms with E-state index in [1.807, 2.05) is 30.5 Å². The van der Waals surface area contributed by atoms with Gasteiger partial charge in [0.25, 0.3) is 0 Å². The van der Waals surface area contributed by atoms with Crippen molar-refractivity contribution in [1.29, 1.82) is 0 Å². The minimum atomic E-state index is -0.218. The van der Waals surface area contributed by atoms with Gasteiger partial charge in [-0.15, -0.1) is 0 Å². The van der Waals surface area contributed by atoms with Crippen LogP contribution >= 0.6 is 0 Å². The minimum Gasteiger partial charge on any atom is -0.507 e. The van der Waals surface area contributed by atoms with E-state index in [0.29, 0.717) is 0 Å². The van der Waals surface area contributed by atoms with Gasteiger partial charge < -0.3 is 5.11 Å². The topological polar surface area (TPSA) is 49.2 Å². The number of rotatable bonds is 4. The van der Waals surface area contributed by atoms with E-state index in [2.05, 4.69) is 106 Å². The highest BCUT2D eigenvalue weighted by Gasteiger charge is 2.38. The van der Waals surface area contributed by atoms with Crippen LogP contribution in [0.2, 0.25) is 0 Å². The summed E-state index contributed by atoms with van der Waals surface area (Å²) in [5.74, 6) is 1.14. The highest BCUT2D eigenvalue weighted by molar-refractivity contribution is 5.84. The monoisotopic (exact) mass is 511 g/mol. The Kier molecular flexibility index (Phi) is 5.80. The first kappa shape index (κ1) is 24.9. The molecule has 1 aliphatic carbocycles. The summed E-state index contributed by atoms with van der Waals surface area (Å²) in [5, 5.41) is 10.8. The number of para-hydroxylation sites is 1. The number of phenols is 1. The molecule has 2 heterocycles. The molecule has 39 heavy (non-hydrogen) atoms. The molecule has 0 spiro atoms. The van der Waals surface area contributed by atoms with Gasteiger partial charge in [-0.25, -0.2) is 9.97 Å². The van der Waals surface area contributed by atoms with Crippen molar-refractivity contribution < 1.29 is 5.11 Å². The Labute approximate surface area is 230 Å². The lowest BCUT2D eigenvalue weighted by molar-refractivity contribution is 0.476. The van der Waals surface area contributed by atoms with Crippen LogP contribution in [0.15, 0.2) is 103 Å². The van der Waals surface area contributed by atoms with Crippen LogP contribution in [0.25, 0.3) is 22.5 Å². The fourth-order valence-electron chi connectivity index (χ4n) is 5.57. The quantitative estimate of drug-likeness (QED) is 0.262. The van der Waals surface area contributed by atoms with Crippen molar-refractivity contribution in [2.24, 2.45) is 0 Å². The molecule has 0 bridgehead atoms. The summed E-state index contributed by atoms with van der Waals surface area (Å²) in [6.07, 6.45) is 1.89. The molecule has 0 radical (unpaired) electrons. The lowest BCUT2D eigenvalue weighted by Gasteiger charge is -2.27. The third-order valence-corrected chi connectivity index (χ3v) is 7.78. The number of anilines is 3. The van der Waals surface area contributed by atoms with Crippen LogP contribution in [0.3, 0.4) is 0 Å². The largest absolute Gasteiger partial charge is 0.507 e. The molecule has 0 amide bonds. The lowest BCUT2D eigenvalue weighted by Crippen LogP contribution is -2.15. The zero-order valence-corrected chi connectivity index (χ0v) is 23.1. The number of pyridine rings is 2. The lowest BCUT2D eigenvalue weighted by atomic mass is 9.83. The van der Waals surface area contributed by atoms with Crippen LogP contribution in [0.4, 0.5) is 17.2 Å². The highest BCUT2D eigenvalue weighted by Crippen LogP contribution is 2.51. The zero-order valence-electron chi connectivity index (χ0n) is 23.1. The molecular weight excluding hydrogens is 478 g/mol. The van der Waals surface area contributed by atoms with Gasteiger partial charge in [-0.1, -0.05) is 83.1 Å². The van der Waals surface area contributed by atoms with Crippen LogP contribution in [-0.2, 0) is 10.8 Å². The summed E-state index contributed by atoms with van der Waals surface area (Å²) >= 11 is 0. The van der Waals surface area contributed by atoms with Crippen LogP contribution in [0.5, 0.6) is 5.75 Å². The second-order valence-electron chi connectivity index (χ2n) is 11.8. The van der Waals surface area contributed by atoms with E-state index in [-0.39, 0.29) is 16.6 Å². The molecule has 0 aliphatic heterocycles. The number of benzene rings is 3. The van der Waals surface area contributed by atoms with Gasteiger partial charge in [0.05, 0.1) is 11.4 Å². The molecular formula is C35H33N3O. The molecule has 1 N–H and O–H groups in total. The summed E-state index contributed by atoms with van der Waals surface area (Å²) in [6, 6.07) is 33.0. The van der Waals surface area contributed by atoms with Crippen molar-refractivity contribution in [2.45, 2.75) is 45.4 Å². The predicted molar refractivity (Wildman–Crippen MR) is 160 cm³/mol. The SMILES string of the molecule is CC(C)(C)c1ccnc(N(c2ccccc2)c2cccc(-c3ccc4c(n3)-c3c(O)cccc3C4(C)C)c2)c1. The number of fused-ring (bicyclic) bond motifs is 3. The minimum absolute atomic E-state index is 0.00581. The van der Waals surface area contributed by atoms with Crippen LogP contribution in [0.1, 0.15) is 51.3 Å². The van der Waals surface area contributed by atoms with Gasteiger partial charge in [0, 0.05) is 34.1 Å². The first-order valence-electron chi connectivity index (χ1n) is 13.4. The average molecular weight is 512 g/mol. The molecule has 5 aromatic rings. The van der Waals surface area contributed by atoms with E-state index in [9.17, 15) is 5.11 Å². The first-order chi connectivity index (χ1) is 18.6. The van der Waals surface area contributed by atoms with Crippen LogP contribution < -0.4 is 4.90 Å². The Bertz CT molecular complexity index is 1680. The van der Waals surface area contributed by atoms with Crippen molar-refractivity contribution in [3.8, 4) is 28.3 Å². The second kappa shape index (κ2) is 9.09. The molecule has 3 aromatic carbocycles. The first-order valence-corrected chi connectivity index (χ1v) is 13.4. The Hall–Kier alpha value is -4.44. The number of hydrogen-bond donors (Lipinski definition) is 1. The molecule has 0 atom stereocenters. The molecule has 4 heteroatoms. The van der Waals surface area contributed by atoms with Crippen LogP contribution in [0, 0.1) is 0 Å². The molecule has 0 saturated heterocycles. The molecule has 0 unspecified atom stereocenters. The smallest absolute Gasteiger partial charge is 0.137 e. The molecule has 0 fully saturated rings. The third kappa shape index (κ3) is 4.26. The Balaban J connectivity index is 1.48. The average Bonchev–Trinajstić information content (AvgIpc) is 3.16. The molecule has 194 valence electrons. The van der Waals surface area contributed by atoms with Crippen molar-refractivity contribution in [1.82, 2.24) is 9.97 Å². The van der Waals surface area contributed by atoms with Crippen molar-refractivity contribution in [3.63, 3.8) is 0 Å². The summed E-state index contributed by atoms with van der Waals surface area (Å²) in [6.45, 7) is 11.0.